The van der Waals surface area contributed by atoms with Crippen LogP contribution in [0.15, 0.2) is 12.1 Å². The van der Waals surface area contributed by atoms with Crippen LogP contribution in [0, 0.1) is 25.2 Å². The second-order valence-corrected chi connectivity index (χ2v) is 3.93. The Kier molecular flexibility index (Phi) is 2.53. The largest absolute Gasteiger partial charge is 0.382 e. The van der Waals surface area contributed by atoms with Crippen LogP contribution in [-0.2, 0) is 4.79 Å². The summed E-state index contributed by atoms with van der Waals surface area (Å²) in [6.07, 6.45) is 5.72. The van der Waals surface area contributed by atoms with E-state index in [4.69, 9.17) is 12.2 Å². The molecular weight excluding hydrogens is 202 g/mol. The number of terminal acetylenes is 1. The molecular formula is C12H13N3O. The van der Waals surface area contributed by atoms with E-state index in [0.29, 0.717) is 24.5 Å². The van der Waals surface area contributed by atoms with Gasteiger partial charge in [0.1, 0.15) is 5.82 Å². The molecule has 2 N–H and O–H groups in total. The number of carbonyl (C=O) groups is 1. The molecule has 0 radical (unpaired) electrons. The van der Waals surface area contributed by atoms with Crippen molar-refractivity contribution in [3.8, 4) is 12.3 Å². The Morgan fingerprint density at radius 1 is 1.62 bits per heavy atom. The van der Waals surface area contributed by atoms with Gasteiger partial charge in [0, 0.05) is 24.6 Å². The number of nitrogens with two attached hydrogens (primary N) is 1. The molecule has 1 aromatic heterocycles. The number of anilines is 2. The van der Waals surface area contributed by atoms with Gasteiger partial charge in [0.05, 0.1) is 5.69 Å². The molecule has 0 spiro atoms. The highest BCUT2D eigenvalue weighted by Gasteiger charge is 2.30. The summed E-state index contributed by atoms with van der Waals surface area (Å²) in [6, 6.07) is 3.65. The maximum Gasteiger partial charge on any atom is 0.228 e. The van der Waals surface area contributed by atoms with E-state index in [9.17, 15) is 4.79 Å². The third-order valence-corrected chi connectivity index (χ3v) is 2.69. The highest BCUT2D eigenvalue weighted by atomic mass is 16.2. The van der Waals surface area contributed by atoms with E-state index in [-0.39, 0.29) is 11.8 Å². The predicted molar refractivity (Wildman–Crippen MR) is 62.7 cm³/mol. The van der Waals surface area contributed by atoms with E-state index < -0.39 is 0 Å². The number of carbonyl (C=O) groups excluding carboxylic acids is 1. The third kappa shape index (κ3) is 1.72. The molecule has 1 aliphatic rings. The molecule has 4 nitrogen and oxygen atoms in total. The molecule has 0 bridgehead atoms. The summed E-state index contributed by atoms with van der Waals surface area (Å²) in [7, 11) is 0. The van der Waals surface area contributed by atoms with Gasteiger partial charge in [-0.15, -0.1) is 12.3 Å². The summed E-state index contributed by atoms with van der Waals surface area (Å²) in [6.45, 7) is 2.39. The second kappa shape index (κ2) is 3.86. The van der Waals surface area contributed by atoms with Crippen molar-refractivity contribution >= 4 is 17.4 Å². The van der Waals surface area contributed by atoms with Crippen molar-refractivity contribution in [2.75, 3.05) is 17.2 Å². The summed E-state index contributed by atoms with van der Waals surface area (Å²) in [5.41, 5.74) is 7.29. The Hall–Kier alpha value is -2.02. The molecule has 1 saturated heterocycles. The second-order valence-electron chi connectivity index (χ2n) is 3.93. The lowest BCUT2D eigenvalue weighted by molar-refractivity contribution is -0.117. The summed E-state index contributed by atoms with van der Waals surface area (Å²) in [5.74, 6) is 2.98. The average molecular weight is 215 g/mol. The quantitative estimate of drug-likeness (QED) is 0.710. The van der Waals surface area contributed by atoms with Crippen LogP contribution in [0.4, 0.5) is 11.5 Å². The minimum Gasteiger partial charge on any atom is -0.382 e. The highest BCUT2D eigenvalue weighted by Crippen LogP contribution is 2.28. The van der Waals surface area contributed by atoms with Crippen LogP contribution in [0.25, 0.3) is 0 Å². The van der Waals surface area contributed by atoms with Crippen molar-refractivity contribution in [2.24, 2.45) is 5.92 Å². The number of nitrogen functional groups attached to an aromatic ring is 1. The third-order valence-electron chi connectivity index (χ3n) is 2.69. The number of aryl methyl sites for hydroxylation is 1. The van der Waals surface area contributed by atoms with Crippen molar-refractivity contribution in [1.29, 1.82) is 0 Å². The van der Waals surface area contributed by atoms with Crippen molar-refractivity contribution in [3.63, 3.8) is 0 Å². The zero-order valence-corrected chi connectivity index (χ0v) is 9.10. The number of hydrogen-bond acceptors (Lipinski definition) is 3. The summed E-state index contributed by atoms with van der Waals surface area (Å²) in [5, 5.41) is 0. The van der Waals surface area contributed by atoms with Crippen molar-refractivity contribution < 1.29 is 4.79 Å². The molecule has 1 aliphatic heterocycles. The SMILES string of the molecule is C#CC1CC(=O)N(c2ccc(C)nc2N)C1. The van der Waals surface area contributed by atoms with Crippen LogP contribution < -0.4 is 10.6 Å². The Morgan fingerprint density at radius 2 is 2.38 bits per heavy atom. The molecule has 0 aromatic carbocycles. The van der Waals surface area contributed by atoms with Crippen LogP contribution in [0.1, 0.15) is 12.1 Å². The van der Waals surface area contributed by atoms with Crippen LogP contribution in [0.3, 0.4) is 0 Å². The fourth-order valence-electron chi connectivity index (χ4n) is 1.85. The van der Waals surface area contributed by atoms with Crippen LogP contribution in [-0.4, -0.2) is 17.4 Å². The topological polar surface area (TPSA) is 59.2 Å². The Balaban J connectivity index is 2.32. The van der Waals surface area contributed by atoms with Crippen molar-refractivity contribution in [2.45, 2.75) is 13.3 Å². The maximum absolute atomic E-state index is 11.7. The van der Waals surface area contributed by atoms with Gasteiger partial charge in [0.25, 0.3) is 0 Å². The molecule has 1 atom stereocenters. The molecule has 2 rings (SSSR count). The van der Waals surface area contributed by atoms with Crippen LogP contribution in [0.5, 0.6) is 0 Å². The standard InChI is InChI=1S/C12H13N3O/c1-3-9-6-11(16)15(7-9)10-5-4-8(2)14-12(10)13/h1,4-5,9H,6-7H2,2H3,(H2,13,14). The van der Waals surface area contributed by atoms with Gasteiger partial charge in [-0.3, -0.25) is 4.79 Å². The maximum atomic E-state index is 11.7. The normalized spacial score (nSPS) is 19.9. The fourth-order valence-corrected chi connectivity index (χ4v) is 1.85. The number of amides is 1. The molecule has 1 aromatic rings. The first kappa shape index (κ1) is 10.5. The fraction of sp³-hybridized carbons (Fsp3) is 0.333. The van der Waals surface area contributed by atoms with E-state index in [0.717, 1.165) is 5.69 Å². The average Bonchev–Trinajstić information content (AvgIpc) is 2.60. The molecule has 1 amide bonds. The number of aromatic nitrogens is 1. The Labute approximate surface area is 94.5 Å². The molecule has 2 heterocycles. The van der Waals surface area contributed by atoms with Gasteiger partial charge in [-0.05, 0) is 19.1 Å². The van der Waals surface area contributed by atoms with E-state index >= 15 is 0 Å². The minimum atomic E-state index is -0.0202. The number of hydrogen-bond donors (Lipinski definition) is 1. The summed E-state index contributed by atoms with van der Waals surface area (Å²) >= 11 is 0. The Bertz CT molecular complexity index is 476. The number of nitrogens with zero attached hydrogens (tertiary/aromatic N) is 2. The first-order valence-electron chi connectivity index (χ1n) is 5.11. The first-order chi connectivity index (χ1) is 7.61. The molecule has 0 aliphatic carbocycles. The van der Waals surface area contributed by atoms with E-state index in [2.05, 4.69) is 10.9 Å². The number of pyridine rings is 1. The van der Waals surface area contributed by atoms with E-state index in [1.54, 1.807) is 4.90 Å². The highest BCUT2D eigenvalue weighted by molar-refractivity contribution is 5.98. The predicted octanol–water partition coefficient (Wildman–Crippen LogP) is 0.958. The van der Waals surface area contributed by atoms with Gasteiger partial charge in [-0.25, -0.2) is 4.98 Å². The van der Waals surface area contributed by atoms with Gasteiger partial charge < -0.3 is 10.6 Å². The summed E-state index contributed by atoms with van der Waals surface area (Å²) < 4.78 is 0. The monoisotopic (exact) mass is 215 g/mol. The molecule has 1 fully saturated rings. The van der Waals surface area contributed by atoms with E-state index in [1.807, 2.05) is 19.1 Å². The summed E-state index contributed by atoms with van der Waals surface area (Å²) in [4.78, 5) is 17.5. The van der Waals surface area contributed by atoms with Gasteiger partial charge in [0.15, 0.2) is 0 Å². The van der Waals surface area contributed by atoms with Gasteiger partial charge in [0.2, 0.25) is 5.91 Å². The van der Waals surface area contributed by atoms with Crippen molar-refractivity contribution in [3.05, 3.63) is 17.8 Å². The molecule has 0 saturated carbocycles. The zero-order chi connectivity index (χ0) is 11.7. The Morgan fingerprint density at radius 3 is 2.94 bits per heavy atom. The van der Waals surface area contributed by atoms with Crippen molar-refractivity contribution in [1.82, 2.24) is 4.98 Å². The minimum absolute atomic E-state index is 0.0142. The lowest BCUT2D eigenvalue weighted by atomic mass is 10.1. The van der Waals surface area contributed by atoms with Gasteiger partial charge in [-0.2, -0.15) is 0 Å². The lowest BCUT2D eigenvalue weighted by Crippen LogP contribution is -2.25. The molecule has 82 valence electrons. The smallest absolute Gasteiger partial charge is 0.228 e. The first-order valence-corrected chi connectivity index (χ1v) is 5.11. The van der Waals surface area contributed by atoms with E-state index in [1.165, 1.54) is 0 Å². The number of rotatable bonds is 1. The van der Waals surface area contributed by atoms with Gasteiger partial charge in [-0.1, -0.05) is 0 Å². The van der Waals surface area contributed by atoms with Gasteiger partial charge >= 0.3 is 0 Å². The molecule has 1 unspecified atom stereocenters. The molecule has 4 heteroatoms. The lowest BCUT2D eigenvalue weighted by Gasteiger charge is -2.17. The molecule has 16 heavy (non-hydrogen) atoms. The van der Waals surface area contributed by atoms with Crippen LogP contribution >= 0.6 is 0 Å². The van der Waals surface area contributed by atoms with Crippen LogP contribution in [0.2, 0.25) is 0 Å². The zero-order valence-electron chi connectivity index (χ0n) is 9.10.